The third-order valence-electron chi connectivity index (χ3n) is 21.8. The number of nitrogens with zero attached hydrogens (tertiary/aromatic N) is 4. The Kier molecular flexibility index (Phi) is 10.9. The van der Waals surface area contributed by atoms with Crippen molar-refractivity contribution >= 4 is 77.7 Å². The Morgan fingerprint density at radius 3 is 0.952 bits per heavy atom. The van der Waals surface area contributed by atoms with Crippen molar-refractivity contribution < 1.29 is 21.9 Å². The van der Waals surface area contributed by atoms with Gasteiger partial charge in [-0.2, -0.15) is 0 Å². The van der Waals surface area contributed by atoms with Crippen molar-refractivity contribution in [3.63, 3.8) is 0 Å². The Balaban J connectivity index is 1.04. The highest BCUT2D eigenvalue weighted by atomic mass is 15.2. The number of para-hydroxylation sites is 4. The smallest absolute Gasteiger partial charge is 0.0645 e. The van der Waals surface area contributed by atoms with Gasteiger partial charge < -0.3 is 18.9 Å². The van der Waals surface area contributed by atoms with Gasteiger partial charge in [0.2, 0.25) is 0 Å². The molecule has 0 atom stereocenters. The molecule has 0 fully saturated rings. The molecule has 0 spiro atoms. The molecule has 2 aromatic heterocycles. The Morgan fingerprint density at radius 1 is 0.305 bits per heavy atom. The summed E-state index contributed by atoms with van der Waals surface area (Å²) in [4.78, 5) is 4.76. The second kappa shape index (κ2) is 24.1. The average Bonchev–Trinajstić information content (AvgIpc) is 1.69. The first-order valence-corrected chi connectivity index (χ1v) is 35.9. The lowest BCUT2D eigenvalue weighted by Gasteiger charge is -2.47. The molecule has 0 saturated heterocycles. The fourth-order valence-electron chi connectivity index (χ4n) is 16.9. The van der Waals surface area contributed by atoms with Crippen LogP contribution in [0.3, 0.4) is 0 Å². The highest BCUT2D eigenvalue weighted by Crippen LogP contribution is 2.66. The number of anilines is 6. The van der Waals surface area contributed by atoms with Crippen LogP contribution in [0.1, 0.15) is 131 Å². The van der Waals surface area contributed by atoms with Crippen molar-refractivity contribution in [3.8, 4) is 55.9 Å². The Bertz CT molecular complexity index is 6650. The van der Waals surface area contributed by atoms with Gasteiger partial charge in [0, 0.05) is 72.6 Å². The van der Waals surface area contributed by atoms with Gasteiger partial charge in [0.25, 0.3) is 0 Å². The van der Waals surface area contributed by atoms with E-state index in [1.54, 1.807) is 9.13 Å². The van der Waals surface area contributed by atoms with Crippen LogP contribution in [0.15, 0.2) is 339 Å². The molecule has 3 aliphatic rings. The van der Waals surface area contributed by atoms with Gasteiger partial charge in [-0.05, 0) is 174 Å². The van der Waals surface area contributed by atoms with Crippen LogP contribution >= 0.6 is 0 Å². The molecular formula is C101H78N4. The summed E-state index contributed by atoms with van der Waals surface area (Å²) in [5.74, 6) is -1.25. The molecule has 15 aromatic carbocycles. The minimum atomic E-state index is -0.797. The summed E-state index contributed by atoms with van der Waals surface area (Å²) in [7, 11) is 0. The molecule has 0 amide bonds. The molecule has 502 valence electrons. The summed E-state index contributed by atoms with van der Waals surface area (Å²) in [5, 5.41) is -0.287. The predicted octanol–water partition coefficient (Wildman–Crippen LogP) is 27.0. The van der Waals surface area contributed by atoms with Crippen molar-refractivity contribution in [1.82, 2.24) is 9.13 Å². The molecule has 17 aromatic rings. The minimum absolute atomic E-state index is 0.0497. The first-order chi connectivity index (χ1) is 58.0. The molecule has 4 heteroatoms. The van der Waals surface area contributed by atoms with E-state index in [0.717, 1.165) is 123 Å². The molecule has 105 heavy (non-hydrogen) atoms. The molecule has 4 heterocycles. The summed E-state index contributed by atoms with van der Waals surface area (Å²) in [6.45, 7) is 13.3. The maximum atomic E-state index is 9.97. The lowest BCUT2D eigenvalue weighted by atomic mass is 9.71. The zero-order chi connectivity index (χ0) is 84.3. The van der Waals surface area contributed by atoms with E-state index in [4.69, 9.17) is 5.48 Å². The summed E-state index contributed by atoms with van der Waals surface area (Å²) < 4.78 is 156. The normalized spacial score (nSPS) is 15.6. The first kappa shape index (κ1) is 47.6. The van der Waals surface area contributed by atoms with Crippen LogP contribution in [-0.4, -0.2) is 9.13 Å². The van der Waals surface area contributed by atoms with Gasteiger partial charge >= 0.3 is 0 Å². The van der Waals surface area contributed by atoms with Crippen LogP contribution in [-0.2, 0) is 17.3 Å². The summed E-state index contributed by atoms with van der Waals surface area (Å²) in [6.07, 6.45) is 0.666. The molecule has 0 unspecified atom stereocenters. The monoisotopic (exact) mass is 1360 g/mol. The van der Waals surface area contributed by atoms with Gasteiger partial charge in [-0.25, -0.2) is 0 Å². The minimum Gasteiger partial charge on any atom is -0.309 e. The van der Waals surface area contributed by atoms with Gasteiger partial charge in [-0.1, -0.05) is 296 Å². The van der Waals surface area contributed by atoms with Gasteiger partial charge in [-0.15, -0.1) is 0 Å². The summed E-state index contributed by atoms with van der Waals surface area (Å²) >= 11 is 0. The van der Waals surface area contributed by atoms with E-state index >= 15 is 0 Å². The zero-order valence-corrected chi connectivity index (χ0v) is 58.7. The molecule has 1 aliphatic carbocycles. The van der Waals surface area contributed by atoms with Crippen molar-refractivity contribution in [3.05, 3.63) is 395 Å². The van der Waals surface area contributed by atoms with Crippen molar-refractivity contribution in [2.24, 2.45) is 0 Å². The van der Waals surface area contributed by atoms with E-state index in [2.05, 4.69) is 185 Å². The average molecular weight is 1360 g/mol. The Hall–Kier alpha value is -12.5. The molecule has 2 aliphatic heterocycles. The lowest BCUT2D eigenvalue weighted by molar-refractivity contribution is 0.590. The predicted molar refractivity (Wildman–Crippen MR) is 441 cm³/mol. The van der Waals surface area contributed by atoms with Crippen molar-refractivity contribution in [2.75, 3.05) is 9.80 Å². The highest BCUT2D eigenvalue weighted by Gasteiger charge is 2.45. The zero-order valence-electron chi connectivity index (χ0n) is 74.7. The van der Waals surface area contributed by atoms with Crippen molar-refractivity contribution in [1.29, 1.82) is 0 Å². The van der Waals surface area contributed by atoms with Crippen LogP contribution in [0.2, 0.25) is 0 Å². The topological polar surface area (TPSA) is 16.3 Å². The van der Waals surface area contributed by atoms with E-state index in [1.165, 1.54) is 0 Å². The number of benzene rings is 15. The maximum absolute atomic E-state index is 9.97. The third-order valence-corrected chi connectivity index (χ3v) is 21.8. The van der Waals surface area contributed by atoms with Crippen molar-refractivity contribution in [2.45, 2.75) is 70.6 Å². The fourth-order valence-corrected chi connectivity index (χ4v) is 16.9. The lowest BCUT2D eigenvalue weighted by Crippen LogP contribution is -2.31. The SMILES string of the molecule is [2H]c1c([2H])c([2H])c2c(c1[2H])c1c([2H])c([2H])c([2H])c([2H])c1n2-c1ccc2c(c1)N(c1c(-c3ccccc3)cc(C(C)(C)C)cc1-c1ccccc1)c1cc(C3c4ccccc4Cc4ccccc43)cc3c1C2c1ccc(-n2c4c([2H])c([2H])c([2H])c([2H])c4c4c([2H])c([2H])c([2H])c([2H])c42)cc1N3c1c(-c2ccccc2)cc(C(C)(C)C)cc1-c1ccccc1. The molecule has 0 saturated carbocycles. The first-order valence-electron chi connectivity index (χ1n) is 43.9. The van der Waals surface area contributed by atoms with Gasteiger partial charge in [0.15, 0.2) is 0 Å². The Morgan fingerprint density at radius 2 is 0.619 bits per heavy atom. The van der Waals surface area contributed by atoms with E-state index in [9.17, 15) is 16.4 Å². The highest BCUT2D eigenvalue weighted by molar-refractivity contribution is 6.12. The number of hydrogen-bond donors (Lipinski definition) is 0. The van der Waals surface area contributed by atoms with Gasteiger partial charge in [-0.3, -0.25) is 0 Å². The Labute approximate surface area is 637 Å². The van der Waals surface area contributed by atoms with Gasteiger partial charge in [0.05, 0.1) is 78.1 Å². The van der Waals surface area contributed by atoms with E-state index in [1.807, 2.05) is 109 Å². The van der Waals surface area contributed by atoms with Crippen LogP contribution < -0.4 is 9.80 Å². The second-order valence-electron chi connectivity index (χ2n) is 29.9. The maximum Gasteiger partial charge on any atom is 0.0645 e. The van der Waals surface area contributed by atoms with Crippen LogP contribution in [0, 0.1) is 0 Å². The number of fused-ring (bicyclic) bond motifs is 12. The largest absolute Gasteiger partial charge is 0.309 e. The molecule has 0 N–H and O–H groups in total. The third kappa shape index (κ3) is 9.94. The number of aromatic nitrogens is 2. The van der Waals surface area contributed by atoms with E-state index in [0.29, 0.717) is 29.2 Å². The van der Waals surface area contributed by atoms with Gasteiger partial charge in [0.1, 0.15) is 0 Å². The molecule has 0 radical (unpaired) electrons. The molecule has 20 rings (SSSR count). The second-order valence-corrected chi connectivity index (χ2v) is 29.9. The van der Waals surface area contributed by atoms with E-state index < -0.39 is 119 Å². The molecule has 0 bridgehead atoms. The fraction of sp³-hybridized carbons (Fsp3) is 0.109. The van der Waals surface area contributed by atoms with Crippen LogP contribution in [0.5, 0.6) is 0 Å². The molecular weight excluding hydrogens is 1270 g/mol. The van der Waals surface area contributed by atoms with Crippen LogP contribution in [0.4, 0.5) is 34.1 Å². The molecule has 4 nitrogen and oxygen atoms in total. The standard InChI is InChI=1S/C101H78N4/c1-100(2,3)71-58-83(64-31-11-7-12-32-64)98(84(59-71)65-33-13-8-14-34-65)104-91-62-73(102-87-47-27-23-43-77(87)78-44-24-28-48-88(78)102)51-53-81(91)96-82-54-52-74(103-89-49-29-25-45-79(89)80-46-26-30-50-90(80)103)63-92(82)105(99-85(66-35-15-9-16-36-66)60-72(101(4,5)6)61-86(99)67-37-17-10-18-38-67)94-57-70(56-93(104)97(94)96)95-75-41-21-19-39-68(75)55-69-40-20-22-42-76(69)95/h7-54,56-63,95-96H,55H2,1-6H3/i23D,24D,25D,26D,27D,28D,29D,30D,43D,44D,45D,46D,47D,48D,49D,50D. The van der Waals surface area contributed by atoms with E-state index in [-0.39, 0.29) is 43.6 Å². The summed E-state index contributed by atoms with van der Waals surface area (Å²) in [6, 6.07) is 76.2. The number of hydrogen-bond acceptors (Lipinski definition) is 2. The van der Waals surface area contributed by atoms with Crippen LogP contribution in [0.25, 0.3) is 99.5 Å². The number of rotatable bonds is 9. The quantitative estimate of drug-likeness (QED) is 0.143. The summed E-state index contributed by atoms with van der Waals surface area (Å²) in [5.41, 5.74) is 20.6.